The van der Waals surface area contributed by atoms with E-state index in [0.29, 0.717) is 36.4 Å². The van der Waals surface area contributed by atoms with Crippen molar-refractivity contribution in [2.75, 3.05) is 6.61 Å². The Morgan fingerprint density at radius 3 is 2.86 bits per heavy atom. The highest BCUT2D eigenvalue weighted by molar-refractivity contribution is 6.33. The molecule has 1 N–H and O–H groups in total. The Balaban J connectivity index is 1.39. The first-order chi connectivity index (χ1) is 14.2. The fourth-order valence-electron chi connectivity index (χ4n) is 3.66. The molecule has 1 atom stereocenters. The van der Waals surface area contributed by atoms with E-state index in [2.05, 4.69) is 15.3 Å². The van der Waals surface area contributed by atoms with Crippen molar-refractivity contribution in [3.8, 4) is 5.75 Å². The summed E-state index contributed by atoms with van der Waals surface area (Å²) >= 11 is 6.66. The second kappa shape index (κ2) is 7.25. The van der Waals surface area contributed by atoms with Crippen molar-refractivity contribution in [2.24, 2.45) is 4.99 Å². The number of imidazole rings is 1. The van der Waals surface area contributed by atoms with Crippen LogP contribution >= 0.6 is 11.6 Å². The summed E-state index contributed by atoms with van der Waals surface area (Å²) in [7, 11) is 0. The van der Waals surface area contributed by atoms with E-state index in [-0.39, 0.29) is 5.91 Å². The lowest BCUT2D eigenvalue weighted by Gasteiger charge is -2.29. The Hall–Kier alpha value is -3.32. The van der Waals surface area contributed by atoms with Crippen LogP contribution in [0.15, 0.2) is 66.2 Å². The number of nitrogens with one attached hydrogen (secondary N) is 1. The van der Waals surface area contributed by atoms with Crippen LogP contribution in [-0.2, 0) is 17.9 Å². The summed E-state index contributed by atoms with van der Waals surface area (Å²) in [6, 6.07) is 12.9. The van der Waals surface area contributed by atoms with Crippen molar-refractivity contribution in [3.63, 3.8) is 0 Å². The predicted molar refractivity (Wildman–Crippen MR) is 109 cm³/mol. The van der Waals surface area contributed by atoms with Gasteiger partial charge in [-0.05, 0) is 17.7 Å². The van der Waals surface area contributed by atoms with E-state index in [1.54, 1.807) is 12.5 Å². The third-order valence-electron chi connectivity index (χ3n) is 5.09. The van der Waals surface area contributed by atoms with E-state index in [1.807, 2.05) is 58.1 Å². The van der Waals surface area contributed by atoms with Gasteiger partial charge < -0.3 is 14.2 Å². The van der Waals surface area contributed by atoms with E-state index >= 15 is 0 Å². The van der Waals surface area contributed by atoms with Crippen LogP contribution in [0.25, 0.3) is 0 Å². The molecule has 146 valence electrons. The summed E-state index contributed by atoms with van der Waals surface area (Å²) in [6.45, 7) is 1.63. The molecule has 1 aromatic heterocycles. The topological polar surface area (TPSA) is 71.7 Å². The number of hydrogen-bond donors (Lipinski definition) is 1. The van der Waals surface area contributed by atoms with Crippen LogP contribution in [0, 0.1) is 0 Å². The van der Waals surface area contributed by atoms with E-state index in [4.69, 9.17) is 16.3 Å². The lowest BCUT2D eigenvalue weighted by atomic mass is 10.0. The van der Waals surface area contributed by atoms with Crippen LogP contribution in [0.5, 0.6) is 5.75 Å². The highest BCUT2D eigenvalue weighted by Gasteiger charge is 2.40. The Morgan fingerprint density at radius 1 is 1.21 bits per heavy atom. The summed E-state index contributed by atoms with van der Waals surface area (Å²) in [5.41, 5.74) is 2.52. The second-order valence-corrected chi connectivity index (χ2v) is 7.27. The molecule has 7 nitrogen and oxygen atoms in total. The fraction of sp³-hybridized carbons (Fsp3) is 0.190. The maximum atomic E-state index is 12.6. The first kappa shape index (κ1) is 17.8. The number of halogens is 1. The van der Waals surface area contributed by atoms with Crippen molar-refractivity contribution >= 4 is 29.2 Å². The van der Waals surface area contributed by atoms with Crippen molar-refractivity contribution in [3.05, 3.63) is 77.3 Å². The Labute approximate surface area is 172 Å². The third kappa shape index (κ3) is 3.23. The number of amides is 1. The van der Waals surface area contributed by atoms with Crippen LogP contribution in [0.1, 0.15) is 17.2 Å². The molecular formula is C21H18ClN5O2. The van der Waals surface area contributed by atoms with Gasteiger partial charge in [0.15, 0.2) is 0 Å². The zero-order valence-electron chi connectivity index (χ0n) is 15.5. The van der Waals surface area contributed by atoms with Gasteiger partial charge in [-0.1, -0.05) is 41.9 Å². The molecule has 29 heavy (non-hydrogen) atoms. The smallest absolute Gasteiger partial charge is 0.254 e. The lowest BCUT2D eigenvalue weighted by Crippen LogP contribution is -2.33. The van der Waals surface area contributed by atoms with Gasteiger partial charge in [0, 0.05) is 18.0 Å². The van der Waals surface area contributed by atoms with Crippen molar-refractivity contribution in [2.45, 2.75) is 19.1 Å². The van der Waals surface area contributed by atoms with Crippen LogP contribution < -0.4 is 10.1 Å². The average molecular weight is 408 g/mol. The number of ether oxygens (including phenoxy) is 1. The second-order valence-electron chi connectivity index (χ2n) is 6.89. The maximum absolute atomic E-state index is 12.6. The summed E-state index contributed by atoms with van der Waals surface area (Å²) in [6.07, 6.45) is 5.36. The van der Waals surface area contributed by atoms with Crippen molar-refractivity contribution < 1.29 is 9.53 Å². The minimum absolute atomic E-state index is 0.0873. The zero-order chi connectivity index (χ0) is 19.8. The molecule has 2 aliphatic rings. The minimum Gasteiger partial charge on any atom is -0.490 e. The van der Waals surface area contributed by atoms with Gasteiger partial charge in [-0.3, -0.25) is 10.1 Å². The molecule has 1 unspecified atom stereocenters. The molecule has 0 bridgehead atoms. The Kier molecular flexibility index (Phi) is 4.44. The highest BCUT2D eigenvalue weighted by Crippen LogP contribution is 2.41. The van der Waals surface area contributed by atoms with E-state index < -0.39 is 6.04 Å². The van der Waals surface area contributed by atoms with Gasteiger partial charge in [-0.15, -0.1) is 0 Å². The molecule has 1 amide bonds. The van der Waals surface area contributed by atoms with Crippen LogP contribution in [0.2, 0.25) is 5.02 Å². The standard InChI is InChI=1S/C21H18ClN5O2/c22-18-15-12-27-19(14-4-2-1-3-5-14)20(28)25-21(27)24-16(15)6-7-17(18)29-11-10-26-9-8-23-13-26/h1-9,13,19H,10-12H2,(H,24,25,28). The van der Waals surface area contributed by atoms with Crippen LogP contribution in [0.4, 0.5) is 5.69 Å². The molecule has 1 saturated heterocycles. The maximum Gasteiger partial charge on any atom is 0.254 e. The van der Waals surface area contributed by atoms with Crippen molar-refractivity contribution in [1.82, 2.24) is 19.8 Å². The number of fused-ring (bicyclic) bond motifs is 2. The molecule has 5 rings (SSSR count). The highest BCUT2D eigenvalue weighted by atomic mass is 35.5. The molecule has 0 aliphatic carbocycles. The molecule has 8 heteroatoms. The molecule has 3 heterocycles. The van der Waals surface area contributed by atoms with E-state index in [9.17, 15) is 4.79 Å². The number of aliphatic imine (C=N–C) groups is 1. The molecule has 0 saturated carbocycles. The van der Waals surface area contributed by atoms with Gasteiger partial charge in [0.1, 0.15) is 18.4 Å². The number of carbonyl (C=O) groups is 1. The molecular weight excluding hydrogens is 390 g/mol. The Morgan fingerprint density at radius 2 is 2.07 bits per heavy atom. The van der Waals surface area contributed by atoms with Gasteiger partial charge in [-0.25, -0.2) is 9.98 Å². The molecule has 2 aliphatic heterocycles. The number of rotatable bonds is 5. The normalized spacial score (nSPS) is 17.4. The largest absolute Gasteiger partial charge is 0.490 e. The fourth-order valence-corrected chi connectivity index (χ4v) is 3.93. The minimum atomic E-state index is -0.426. The van der Waals surface area contributed by atoms with Gasteiger partial charge in [0.25, 0.3) is 5.91 Å². The monoisotopic (exact) mass is 407 g/mol. The van der Waals surface area contributed by atoms with Gasteiger partial charge >= 0.3 is 0 Å². The molecule has 3 aromatic rings. The van der Waals surface area contributed by atoms with Gasteiger partial charge in [-0.2, -0.15) is 0 Å². The number of benzene rings is 2. The van der Waals surface area contributed by atoms with Gasteiger partial charge in [0.2, 0.25) is 5.96 Å². The van der Waals surface area contributed by atoms with Crippen molar-refractivity contribution in [1.29, 1.82) is 0 Å². The van der Waals surface area contributed by atoms with E-state index in [1.165, 1.54) is 0 Å². The molecule has 0 radical (unpaired) electrons. The summed E-state index contributed by atoms with van der Waals surface area (Å²) in [5.74, 6) is 1.08. The summed E-state index contributed by atoms with van der Waals surface area (Å²) in [5, 5.41) is 3.41. The number of carbonyl (C=O) groups excluding carboxylic acids is 1. The molecule has 0 spiro atoms. The zero-order valence-corrected chi connectivity index (χ0v) is 16.2. The van der Waals surface area contributed by atoms with Crippen LogP contribution in [0.3, 0.4) is 0 Å². The number of nitrogens with zero attached hydrogens (tertiary/aromatic N) is 4. The molecule has 1 fully saturated rings. The first-order valence-corrected chi connectivity index (χ1v) is 9.69. The number of hydrogen-bond acceptors (Lipinski definition) is 5. The van der Waals surface area contributed by atoms with Gasteiger partial charge in [0.05, 0.1) is 30.1 Å². The number of aromatic nitrogens is 2. The first-order valence-electron chi connectivity index (χ1n) is 9.32. The average Bonchev–Trinajstić information content (AvgIpc) is 3.36. The predicted octanol–water partition coefficient (Wildman–Crippen LogP) is 3.29. The SMILES string of the molecule is O=C1NC2=Nc3ccc(OCCn4ccnc4)c(Cl)c3CN2C1c1ccccc1. The lowest BCUT2D eigenvalue weighted by molar-refractivity contribution is -0.121. The van der Waals surface area contributed by atoms with Crippen LogP contribution in [-0.4, -0.2) is 32.9 Å². The summed E-state index contributed by atoms with van der Waals surface area (Å²) < 4.78 is 7.83. The number of guanidine groups is 1. The Bertz CT molecular complexity index is 1080. The summed E-state index contributed by atoms with van der Waals surface area (Å²) in [4.78, 5) is 23.2. The molecule has 2 aromatic carbocycles. The quantitative estimate of drug-likeness (QED) is 0.704. The third-order valence-corrected chi connectivity index (χ3v) is 5.50. The van der Waals surface area contributed by atoms with E-state index in [0.717, 1.165) is 16.8 Å².